The standard InChI is InChI=1S/C13H20N2OS/c1-14(2)13(7-5-8-13)10-15(3)12(16)11-6-4-9-17-11/h4,6,9H,5,7-8,10H2,1-3H3. The third kappa shape index (κ3) is 2.38. The molecule has 1 saturated carbocycles. The molecule has 3 nitrogen and oxygen atoms in total. The summed E-state index contributed by atoms with van der Waals surface area (Å²) in [5.41, 5.74) is 0.210. The Labute approximate surface area is 107 Å². The minimum Gasteiger partial charge on any atom is -0.339 e. The van der Waals surface area contributed by atoms with Crippen LogP contribution in [0.1, 0.15) is 28.9 Å². The molecule has 4 heteroatoms. The van der Waals surface area contributed by atoms with Crippen molar-refractivity contribution in [2.75, 3.05) is 27.7 Å². The molecule has 0 saturated heterocycles. The molecular formula is C13H20N2OS. The summed E-state index contributed by atoms with van der Waals surface area (Å²) in [4.78, 5) is 17.1. The first-order valence-electron chi connectivity index (χ1n) is 6.02. The minimum absolute atomic E-state index is 0.146. The van der Waals surface area contributed by atoms with Gasteiger partial charge in [0.05, 0.1) is 4.88 Å². The summed E-state index contributed by atoms with van der Waals surface area (Å²) in [6, 6.07) is 3.82. The maximum absolute atomic E-state index is 12.2. The number of amides is 1. The van der Waals surface area contributed by atoms with Crippen molar-refractivity contribution >= 4 is 17.2 Å². The van der Waals surface area contributed by atoms with Crippen molar-refractivity contribution < 1.29 is 4.79 Å². The van der Waals surface area contributed by atoms with Crippen LogP contribution in [-0.4, -0.2) is 48.9 Å². The summed E-state index contributed by atoms with van der Waals surface area (Å²) in [6.45, 7) is 0.830. The first-order valence-corrected chi connectivity index (χ1v) is 6.89. The third-order valence-electron chi connectivity index (χ3n) is 3.84. The third-order valence-corrected chi connectivity index (χ3v) is 4.70. The van der Waals surface area contributed by atoms with Gasteiger partial charge >= 0.3 is 0 Å². The van der Waals surface area contributed by atoms with E-state index in [9.17, 15) is 4.79 Å². The monoisotopic (exact) mass is 252 g/mol. The average molecular weight is 252 g/mol. The number of thiophene rings is 1. The van der Waals surface area contributed by atoms with Crippen molar-refractivity contribution in [1.82, 2.24) is 9.80 Å². The normalized spacial score (nSPS) is 17.9. The number of hydrogen-bond donors (Lipinski definition) is 0. The molecule has 94 valence electrons. The minimum atomic E-state index is 0.146. The van der Waals surface area contributed by atoms with E-state index in [2.05, 4.69) is 19.0 Å². The van der Waals surface area contributed by atoms with Crippen LogP contribution in [0, 0.1) is 0 Å². The largest absolute Gasteiger partial charge is 0.339 e. The van der Waals surface area contributed by atoms with Gasteiger partial charge < -0.3 is 9.80 Å². The molecule has 0 bridgehead atoms. The summed E-state index contributed by atoms with van der Waals surface area (Å²) in [6.07, 6.45) is 3.67. The number of carbonyl (C=O) groups is 1. The van der Waals surface area contributed by atoms with E-state index >= 15 is 0 Å². The lowest BCUT2D eigenvalue weighted by Crippen LogP contribution is -2.57. The Morgan fingerprint density at radius 2 is 2.12 bits per heavy atom. The maximum atomic E-state index is 12.2. The van der Waals surface area contributed by atoms with Crippen LogP contribution in [0.3, 0.4) is 0 Å². The molecule has 1 aromatic rings. The molecule has 1 fully saturated rings. The van der Waals surface area contributed by atoms with Crippen molar-refractivity contribution in [1.29, 1.82) is 0 Å². The second kappa shape index (κ2) is 4.78. The van der Waals surface area contributed by atoms with Gasteiger partial charge in [-0.15, -0.1) is 11.3 Å². The highest BCUT2D eigenvalue weighted by Crippen LogP contribution is 2.36. The molecule has 17 heavy (non-hydrogen) atoms. The quantitative estimate of drug-likeness (QED) is 0.821. The van der Waals surface area contributed by atoms with Crippen molar-refractivity contribution in [2.24, 2.45) is 0 Å². The molecule has 0 spiro atoms. The zero-order valence-corrected chi connectivity index (χ0v) is 11.6. The highest BCUT2D eigenvalue weighted by atomic mass is 32.1. The molecule has 1 aliphatic carbocycles. The fraction of sp³-hybridized carbons (Fsp3) is 0.615. The van der Waals surface area contributed by atoms with Crippen molar-refractivity contribution in [3.8, 4) is 0 Å². The summed E-state index contributed by atoms with van der Waals surface area (Å²) in [5, 5.41) is 1.95. The summed E-state index contributed by atoms with van der Waals surface area (Å²) in [7, 11) is 6.14. The Hall–Kier alpha value is -0.870. The predicted molar refractivity (Wildman–Crippen MR) is 71.5 cm³/mol. The molecule has 1 amide bonds. The Balaban J connectivity index is 2.01. The van der Waals surface area contributed by atoms with Crippen LogP contribution >= 0.6 is 11.3 Å². The first-order chi connectivity index (χ1) is 8.05. The Morgan fingerprint density at radius 1 is 1.41 bits per heavy atom. The number of hydrogen-bond acceptors (Lipinski definition) is 3. The second-order valence-electron chi connectivity index (χ2n) is 5.11. The van der Waals surface area contributed by atoms with Gasteiger partial charge in [0.1, 0.15) is 0 Å². The topological polar surface area (TPSA) is 23.6 Å². The number of likely N-dealkylation sites (N-methyl/N-ethyl adjacent to an activating group) is 2. The lowest BCUT2D eigenvalue weighted by atomic mass is 9.75. The van der Waals surface area contributed by atoms with Gasteiger partial charge in [-0.2, -0.15) is 0 Å². The lowest BCUT2D eigenvalue weighted by Gasteiger charge is -2.49. The highest BCUT2D eigenvalue weighted by molar-refractivity contribution is 7.12. The molecule has 0 aromatic carbocycles. The summed E-state index contributed by atoms with van der Waals surface area (Å²) in [5.74, 6) is 0.146. The fourth-order valence-electron chi connectivity index (χ4n) is 2.43. The Morgan fingerprint density at radius 3 is 2.53 bits per heavy atom. The molecule has 0 N–H and O–H groups in total. The maximum Gasteiger partial charge on any atom is 0.263 e. The van der Waals surface area contributed by atoms with Gasteiger partial charge in [-0.1, -0.05) is 6.07 Å². The zero-order valence-electron chi connectivity index (χ0n) is 10.8. The van der Waals surface area contributed by atoms with Gasteiger partial charge in [0.15, 0.2) is 0 Å². The van der Waals surface area contributed by atoms with Crippen LogP contribution in [0.25, 0.3) is 0 Å². The number of nitrogens with zero attached hydrogens (tertiary/aromatic N) is 2. The second-order valence-corrected chi connectivity index (χ2v) is 6.06. The van der Waals surface area contributed by atoms with Crippen LogP contribution in [0.2, 0.25) is 0 Å². The molecule has 2 rings (SSSR count). The van der Waals surface area contributed by atoms with Gasteiger partial charge in [-0.05, 0) is 44.8 Å². The SMILES string of the molecule is CN(CC1(N(C)C)CCC1)C(=O)c1cccs1. The van der Waals surface area contributed by atoms with Gasteiger partial charge in [-0.25, -0.2) is 0 Å². The van der Waals surface area contributed by atoms with Gasteiger partial charge in [0, 0.05) is 19.1 Å². The number of rotatable bonds is 4. The van der Waals surface area contributed by atoms with Crippen LogP contribution in [0.4, 0.5) is 0 Å². The van der Waals surface area contributed by atoms with E-state index in [0.29, 0.717) is 0 Å². The van der Waals surface area contributed by atoms with E-state index in [1.165, 1.54) is 30.6 Å². The van der Waals surface area contributed by atoms with Crippen LogP contribution in [0.5, 0.6) is 0 Å². The number of carbonyl (C=O) groups excluding carboxylic acids is 1. The first kappa shape index (κ1) is 12.6. The smallest absolute Gasteiger partial charge is 0.263 e. The van der Waals surface area contributed by atoms with Gasteiger partial charge in [0.2, 0.25) is 0 Å². The molecule has 1 aliphatic rings. The van der Waals surface area contributed by atoms with Gasteiger partial charge in [-0.3, -0.25) is 4.79 Å². The Kier molecular flexibility index (Phi) is 3.54. The molecule has 0 aliphatic heterocycles. The molecule has 0 atom stereocenters. The van der Waals surface area contributed by atoms with Crippen LogP contribution in [0.15, 0.2) is 17.5 Å². The van der Waals surface area contributed by atoms with E-state index < -0.39 is 0 Å². The predicted octanol–water partition coefficient (Wildman–Crippen LogP) is 2.30. The van der Waals surface area contributed by atoms with Crippen molar-refractivity contribution in [3.63, 3.8) is 0 Å². The highest BCUT2D eigenvalue weighted by Gasteiger charge is 2.40. The van der Waals surface area contributed by atoms with Gasteiger partial charge in [0.25, 0.3) is 5.91 Å². The lowest BCUT2D eigenvalue weighted by molar-refractivity contribution is 0.0254. The van der Waals surface area contributed by atoms with Crippen LogP contribution in [-0.2, 0) is 0 Å². The van der Waals surface area contributed by atoms with Crippen molar-refractivity contribution in [3.05, 3.63) is 22.4 Å². The zero-order chi connectivity index (χ0) is 12.5. The molecule has 1 aromatic heterocycles. The summed E-state index contributed by atoms with van der Waals surface area (Å²) < 4.78 is 0. The van der Waals surface area contributed by atoms with E-state index in [0.717, 1.165) is 11.4 Å². The molecular weight excluding hydrogens is 232 g/mol. The summed E-state index contributed by atoms with van der Waals surface area (Å²) >= 11 is 1.51. The van der Waals surface area contributed by atoms with E-state index in [1.807, 2.05) is 29.5 Å². The molecule has 1 heterocycles. The van der Waals surface area contributed by atoms with E-state index in [1.54, 1.807) is 0 Å². The van der Waals surface area contributed by atoms with Crippen molar-refractivity contribution in [2.45, 2.75) is 24.8 Å². The molecule has 0 radical (unpaired) electrons. The van der Waals surface area contributed by atoms with E-state index in [-0.39, 0.29) is 11.4 Å². The van der Waals surface area contributed by atoms with E-state index in [4.69, 9.17) is 0 Å². The fourth-order valence-corrected chi connectivity index (χ4v) is 3.15. The average Bonchev–Trinajstić information content (AvgIpc) is 2.74. The Bertz CT molecular complexity index is 382. The van der Waals surface area contributed by atoms with Crippen LogP contribution < -0.4 is 0 Å². The molecule has 0 unspecified atom stereocenters.